The lowest BCUT2D eigenvalue weighted by Gasteiger charge is -2.49. The third kappa shape index (κ3) is 2.22. The van der Waals surface area contributed by atoms with Gasteiger partial charge >= 0.3 is 0 Å². The van der Waals surface area contributed by atoms with E-state index >= 15 is 0 Å². The van der Waals surface area contributed by atoms with E-state index in [1.165, 1.54) is 0 Å². The van der Waals surface area contributed by atoms with Crippen LogP contribution in [0.4, 0.5) is 0 Å². The highest BCUT2D eigenvalue weighted by Crippen LogP contribution is 2.41. The van der Waals surface area contributed by atoms with Crippen molar-refractivity contribution in [2.75, 3.05) is 0 Å². The van der Waals surface area contributed by atoms with Crippen LogP contribution in [0.1, 0.15) is 20.3 Å². The summed E-state index contributed by atoms with van der Waals surface area (Å²) in [5.74, 6) is 0. The molecule has 1 aliphatic carbocycles. The van der Waals surface area contributed by atoms with Gasteiger partial charge in [-0.15, -0.1) is 0 Å². The van der Waals surface area contributed by atoms with Crippen LogP contribution in [0.5, 0.6) is 0 Å². The third-order valence-electron chi connectivity index (χ3n) is 3.57. The minimum Gasteiger partial charge on any atom is -0.392 e. The molecule has 0 amide bonds. The second kappa shape index (κ2) is 4.08. The summed E-state index contributed by atoms with van der Waals surface area (Å²) in [6, 6.07) is 8.07. The Kier molecular flexibility index (Phi) is 3.01. The van der Waals surface area contributed by atoms with Gasteiger partial charge in [-0.2, -0.15) is 0 Å². The fraction of sp³-hybridized carbons (Fsp3) is 0.500. The van der Waals surface area contributed by atoms with Gasteiger partial charge in [0.2, 0.25) is 10.0 Å². The highest BCUT2D eigenvalue weighted by Gasteiger charge is 2.48. The van der Waals surface area contributed by atoms with Crippen molar-refractivity contribution in [3.8, 4) is 0 Å². The van der Waals surface area contributed by atoms with Crippen molar-refractivity contribution in [2.45, 2.75) is 37.3 Å². The first-order valence-corrected chi connectivity index (χ1v) is 7.08. The molecule has 2 unspecified atom stereocenters. The van der Waals surface area contributed by atoms with Crippen molar-refractivity contribution < 1.29 is 13.5 Å². The van der Waals surface area contributed by atoms with Crippen LogP contribution in [0.2, 0.25) is 0 Å². The van der Waals surface area contributed by atoms with Crippen LogP contribution in [-0.2, 0) is 10.0 Å². The van der Waals surface area contributed by atoms with E-state index in [4.69, 9.17) is 0 Å². The van der Waals surface area contributed by atoms with Crippen LogP contribution in [0.25, 0.3) is 0 Å². The Morgan fingerprint density at radius 1 is 1.29 bits per heavy atom. The van der Waals surface area contributed by atoms with Crippen molar-refractivity contribution in [3.63, 3.8) is 0 Å². The monoisotopic (exact) mass is 255 g/mol. The first kappa shape index (κ1) is 12.5. The lowest BCUT2D eigenvalue weighted by Crippen LogP contribution is -2.61. The van der Waals surface area contributed by atoms with E-state index < -0.39 is 21.5 Å². The van der Waals surface area contributed by atoms with E-state index in [-0.39, 0.29) is 10.9 Å². The predicted molar refractivity (Wildman–Crippen MR) is 65.0 cm³/mol. The molecule has 0 aromatic heterocycles. The van der Waals surface area contributed by atoms with Crippen LogP contribution in [-0.4, -0.2) is 25.7 Å². The van der Waals surface area contributed by atoms with Gasteiger partial charge in [-0.1, -0.05) is 32.0 Å². The highest BCUT2D eigenvalue weighted by molar-refractivity contribution is 7.89. The zero-order valence-corrected chi connectivity index (χ0v) is 10.7. The Labute approximate surface area is 102 Å². The maximum absolute atomic E-state index is 12.0. The van der Waals surface area contributed by atoms with E-state index in [0.29, 0.717) is 6.42 Å². The minimum atomic E-state index is -3.48. The Hall–Kier alpha value is -0.910. The van der Waals surface area contributed by atoms with Crippen molar-refractivity contribution in [1.82, 2.24) is 4.72 Å². The fourth-order valence-electron chi connectivity index (χ4n) is 1.96. The van der Waals surface area contributed by atoms with Gasteiger partial charge < -0.3 is 5.11 Å². The van der Waals surface area contributed by atoms with Gasteiger partial charge in [0.1, 0.15) is 0 Å². The summed E-state index contributed by atoms with van der Waals surface area (Å²) < 4.78 is 26.7. The Balaban J connectivity index is 2.15. The normalized spacial score (nSPS) is 27.5. The van der Waals surface area contributed by atoms with Gasteiger partial charge in [0.15, 0.2) is 0 Å². The zero-order chi connectivity index (χ0) is 12.7. The molecule has 1 aromatic rings. The molecule has 5 heteroatoms. The third-order valence-corrected chi connectivity index (χ3v) is 5.05. The maximum Gasteiger partial charge on any atom is 0.240 e. The Bertz CT molecular complexity index is 496. The van der Waals surface area contributed by atoms with Crippen LogP contribution >= 0.6 is 0 Å². The highest BCUT2D eigenvalue weighted by atomic mass is 32.2. The van der Waals surface area contributed by atoms with Gasteiger partial charge in [0, 0.05) is 11.5 Å². The van der Waals surface area contributed by atoms with E-state index in [1.807, 2.05) is 13.8 Å². The number of benzene rings is 1. The summed E-state index contributed by atoms with van der Waals surface area (Å²) in [7, 11) is -3.48. The molecule has 1 aromatic carbocycles. The van der Waals surface area contributed by atoms with E-state index in [1.54, 1.807) is 30.3 Å². The lowest BCUT2D eigenvalue weighted by atomic mass is 9.65. The summed E-state index contributed by atoms with van der Waals surface area (Å²) in [6.07, 6.45) is 0.0324. The average Bonchev–Trinajstić information content (AvgIpc) is 2.30. The molecule has 0 heterocycles. The first-order valence-electron chi connectivity index (χ1n) is 5.59. The maximum atomic E-state index is 12.0. The van der Waals surface area contributed by atoms with Crippen LogP contribution < -0.4 is 4.72 Å². The summed E-state index contributed by atoms with van der Waals surface area (Å²) >= 11 is 0. The lowest BCUT2D eigenvalue weighted by molar-refractivity contribution is -0.0645. The second-order valence-corrected chi connectivity index (χ2v) is 6.77. The van der Waals surface area contributed by atoms with Crippen LogP contribution in [0.15, 0.2) is 35.2 Å². The second-order valence-electron chi connectivity index (χ2n) is 5.06. The molecule has 0 aliphatic heterocycles. The summed E-state index contributed by atoms with van der Waals surface area (Å²) in [6.45, 7) is 3.72. The van der Waals surface area contributed by atoms with E-state index in [9.17, 15) is 13.5 Å². The van der Waals surface area contributed by atoms with Crippen molar-refractivity contribution >= 4 is 10.0 Å². The molecule has 1 aliphatic rings. The largest absolute Gasteiger partial charge is 0.392 e. The number of aliphatic hydroxyl groups is 1. The minimum absolute atomic E-state index is 0.206. The molecular formula is C12H17NO3S. The summed E-state index contributed by atoms with van der Waals surface area (Å²) in [4.78, 5) is 0.261. The molecule has 1 saturated carbocycles. The number of sulfonamides is 1. The average molecular weight is 255 g/mol. The molecule has 2 N–H and O–H groups in total. The molecule has 4 nitrogen and oxygen atoms in total. The van der Waals surface area contributed by atoms with E-state index in [0.717, 1.165) is 0 Å². The number of hydrogen-bond donors (Lipinski definition) is 2. The molecule has 2 atom stereocenters. The Morgan fingerprint density at radius 2 is 1.88 bits per heavy atom. The van der Waals surface area contributed by atoms with Gasteiger partial charge in [-0.3, -0.25) is 0 Å². The standard InChI is InChI=1S/C12H17NO3S/c1-12(2)10(8-11(12)14)13-17(15,16)9-6-4-3-5-7-9/h3-7,10-11,13-14H,8H2,1-2H3. The smallest absolute Gasteiger partial charge is 0.240 e. The summed E-state index contributed by atoms with van der Waals surface area (Å²) in [5, 5.41) is 9.58. The van der Waals surface area contributed by atoms with Gasteiger partial charge in [-0.05, 0) is 18.6 Å². The van der Waals surface area contributed by atoms with Gasteiger partial charge in [0.25, 0.3) is 0 Å². The quantitative estimate of drug-likeness (QED) is 0.850. The SMILES string of the molecule is CC1(C)C(O)CC1NS(=O)(=O)c1ccccc1. The van der Waals surface area contributed by atoms with Gasteiger partial charge in [-0.25, -0.2) is 13.1 Å². The van der Waals surface area contributed by atoms with Gasteiger partial charge in [0.05, 0.1) is 11.0 Å². The Morgan fingerprint density at radius 3 is 2.35 bits per heavy atom. The molecule has 0 spiro atoms. The molecule has 0 saturated heterocycles. The molecule has 0 radical (unpaired) electrons. The fourth-order valence-corrected chi connectivity index (χ4v) is 3.38. The molecular weight excluding hydrogens is 238 g/mol. The first-order chi connectivity index (χ1) is 7.84. The van der Waals surface area contributed by atoms with Crippen molar-refractivity contribution in [3.05, 3.63) is 30.3 Å². The summed E-state index contributed by atoms with van der Waals surface area (Å²) in [5.41, 5.74) is -0.401. The predicted octanol–water partition coefficient (Wildman–Crippen LogP) is 1.12. The molecule has 17 heavy (non-hydrogen) atoms. The molecule has 2 rings (SSSR count). The topological polar surface area (TPSA) is 66.4 Å². The van der Waals surface area contributed by atoms with Crippen LogP contribution in [0.3, 0.4) is 0 Å². The number of hydrogen-bond acceptors (Lipinski definition) is 3. The van der Waals surface area contributed by atoms with Crippen molar-refractivity contribution in [2.24, 2.45) is 5.41 Å². The molecule has 1 fully saturated rings. The zero-order valence-electron chi connectivity index (χ0n) is 9.92. The number of nitrogens with one attached hydrogen (secondary N) is 1. The van der Waals surface area contributed by atoms with Crippen molar-refractivity contribution in [1.29, 1.82) is 0 Å². The molecule has 0 bridgehead atoms. The number of rotatable bonds is 3. The van der Waals surface area contributed by atoms with E-state index in [2.05, 4.69) is 4.72 Å². The molecule has 94 valence electrons. The number of aliphatic hydroxyl groups excluding tert-OH is 1. The van der Waals surface area contributed by atoms with Crippen LogP contribution in [0, 0.1) is 5.41 Å².